The number of hydrogen-bond donors (Lipinski definition) is 4. The molecule has 284 valence electrons. The fraction of sp³-hybridized carbons (Fsp3) is 0.538. The molecule has 2 heterocycles. The van der Waals surface area contributed by atoms with Crippen molar-refractivity contribution in [2.24, 2.45) is 0 Å². The van der Waals surface area contributed by atoms with E-state index in [0.29, 0.717) is 57.6 Å². The molecule has 1 saturated carbocycles. The molecule has 52 heavy (non-hydrogen) atoms. The summed E-state index contributed by atoms with van der Waals surface area (Å²) in [7, 11) is -7.37. The SMILES string of the molecule is CCC(C)(C)NCc1ccc(-c2cccc(S(=O)(=O)N3CCC4(CC3)C[C@@H](NC[C@H](O)COc3cccc(S(=O)(=O)C5(CO)CC5)c3)CO4)c2)cc1. The quantitative estimate of drug-likeness (QED) is 0.167. The first kappa shape index (κ1) is 38.8. The van der Waals surface area contributed by atoms with Crippen LogP contribution in [0.2, 0.25) is 0 Å². The summed E-state index contributed by atoms with van der Waals surface area (Å²) in [6, 6.07) is 21.6. The number of piperidine rings is 1. The van der Waals surface area contributed by atoms with E-state index in [9.17, 15) is 27.0 Å². The molecule has 1 aliphatic carbocycles. The van der Waals surface area contributed by atoms with Crippen molar-refractivity contribution in [3.63, 3.8) is 0 Å². The summed E-state index contributed by atoms with van der Waals surface area (Å²) in [5, 5.41) is 27.1. The molecule has 3 aromatic carbocycles. The molecular formula is C39H53N3O8S2. The molecule has 0 bridgehead atoms. The van der Waals surface area contributed by atoms with Crippen molar-refractivity contribution < 1.29 is 36.5 Å². The van der Waals surface area contributed by atoms with Gasteiger partial charge in [0.2, 0.25) is 10.0 Å². The summed E-state index contributed by atoms with van der Waals surface area (Å²) >= 11 is 0. The van der Waals surface area contributed by atoms with Crippen molar-refractivity contribution >= 4 is 19.9 Å². The fourth-order valence-corrected chi connectivity index (χ4v) is 10.2. The average Bonchev–Trinajstić information content (AvgIpc) is 3.88. The van der Waals surface area contributed by atoms with E-state index in [4.69, 9.17) is 9.47 Å². The van der Waals surface area contributed by atoms with Crippen molar-refractivity contribution in [1.82, 2.24) is 14.9 Å². The van der Waals surface area contributed by atoms with Gasteiger partial charge < -0.3 is 30.3 Å². The minimum atomic E-state index is -3.70. The van der Waals surface area contributed by atoms with E-state index < -0.39 is 42.9 Å². The third kappa shape index (κ3) is 8.57. The maximum absolute atomic E-state index is 13.8. The molecule has 0 aromatic heterocycles. The Morgan fingerprint density at radius 3 is 2.31 bits per heavy atom. The van der Waals surface area contributed by atoms with Gasteiger partial charge in [-0.1, -0.05) is 49.4 Å². The normalized spacial score (nSPS) is 20.9. The van der Waals surface area contributed by atoms with Crippen LogP contribution in [0.1, 0.15) is 64.9 Å². The summed E-state index contributed by atoms with van der Waals surface area (Å²) in [4.78, 5) is 0.385. The largest absolute Gasteiger partial charge is 0.491 e. The number of hydrogen-bond acceptors (Lipinski definition) is 10. The summed E-state index contributed by atoms with van der Waals surface area (Å²) < 4.78 is 65.8. The Labute approximate surface area is 308 Å². The van der Waals surface area contributed by atoms with Crippen LogP contribution in [0.5, 0.6) is 5.75 Å². The van der Waals surface area contributed by atoms with Gasteiger partial charge in [-0.3, -0.25) is 0 Å². The standard InChI is InChI=1S/C39H53N3O8S2/c1-4-37(2,3)41-24-29-11-13-30(14-12-29)31-7-5-10-36(21-31)52(47,48)42-19-17-38(18-20-42)23-32(26-50-38)40-25-33(44)27-49-34-8-6-9-35(22-34)51(45,46)39(28-43)15-16-39/h5-14,21-22,32-33,40-41,43-44H,4,15-20,23-28H2,1-3H3/t32-,33+/m1/s1. The Kier molecular flexibility index (Phi) is 11.5. The van der Waals surface area contributed by atoms with Crippen LogP contribution in [0.15, 0.2) is 82.6 Å². The third-order valence-electron chi connectivity index (χ3n) is 11.1. The first-order chi connectivity index (χ1) is 24.7. The highest BCUT2D eigenvalue weighted by Crippen LogP contribution is 2.46. The lowest BCUT2D eigenvalue weighted by Gasteiger charge is -2.38. The van der Waals surface area contributed by atoms with Crippen molar-refractivity contribution in [3.8, 4) is 16.9 Å². The highest BCUT2D eigenvalue weighted by Gasteiger charge is 2.54. The second-order valence-electron chi connectivity index (χ2n) is 15.3. The molecule has 4 N–H and O–H groups in total. The summed E-state index contributed by atoms with van der Waals surface area (Å²) in [5.41, 5.74) is 2.64. The third-order valence-corrected chi connectivity index (χ3v) is 15.6. The Hall–Kier alpha value is -2.88. The Bertz CT molecular complexity index is 1910. The second kappa shape index (κ2) is 15.5. The molecule has 1 spiro atoms. The van der Waals surface area contributed by atoms with Crippen LogP contribution in [0, 0.1) is 0 Å². The van der Waals surface area contributed by atoms with Crippen LogP contribution in [-0.2, 0) is 31.1 Å². The molecule has 13 heteroatoms. The van der Waals surface area contributed by atoms with Crippen molar-refractivity contribution in [2.45, 2.75) is 104 Å². The maximum atomic E-state index is 13.8. The minimum Gasteiger partial charge on any atom is -0.491 e. The molecule has 2 atom stereocenters. The molecule has 3 aliphatic rings. The Balaban J connectivity index is 0.967. The fourth-order valence-electron chi connectivity index (χ4n) is 6.91. The first-order valence-corrected chi connectivity index (χ1v) is 21.2. The lowest BCUT2D eigenvalue weighted by Crippen LogP contribution is -2.47. The zero-order valence-electron chi connectivity index (χ0n) is 30.4. The Morgan fingerprint density at radius 2 is 1.63 bits per heavy atom. The number of nitrogens with one attached hydrogen (secondary N) is 2. The predicted octanol–water partition coefficient (Wildman–Crippen LogP) is 4.27. The number of ether oxygens (including phenoxy) is 2. The summed E-state index contributed by atoms with van der Waals surface area (Å²) in [5.74, 6) is 0.333. The number of aliphatic hydroxyl groups excluding tert-OH is 2. The van der Waals surface area contributed by atoms with Gasteiger partial charge in [-0.05, 0) is 99.4 Å². The van der Waals surface area contributed by atoms with Crippen molar-refractivity contribution in [3.05, 3.63) is 78.4 Å². The minimum absolute atomic E-state index is 0.00326. The molecule has 0 amide bonds. The Morgan fingerprint density at radius 1 is 0.942 bits per heavy atom. The van der Waals surface area contributed by atoms with Crippen LogP contribution in [0.25, 0.3) is 11.1 Å². The molecule has 0 unspecified atom stereocenters. The van der Waals surface area contributed by atoms with Crippen LogP contribution in [0.4, 0.5) is 0 Å². The van der Waals surface area contributed by atoms with Gasteiger partial charge in [0.25, 0.3) is 0 Å². The zero-order chi connectivity index (χ0) is 37.2. The number of sulfonamides is 1. The molecule has 6 rings (SSSR count). The molecule has 2 saturated heterocycles. The molecule has 11 nitrogen and oxygen atoms in total. The average molecular weight is 756 g/mol. The maximum Gasteiger partial charge on any atom is 0.243 e. The van der Waals surface area contributed by atoms with E-state index in [0.717, 1.165) is 24.1 Å². The van der Waals surface area contributed by atoms with Gasteiger partial charge in [-0.2, -0.15) is 4.31 Å². The van der Waals surface area contributed by atoms with Gasteiger partial charge in [-0.25, -0.2) is 16.8 Å². The molecule has 3 aromatic rings. The molecule has 0 radical (unpaired) electrons. The second-order valence-corrected chi connectivity index (χ2v) is 19.6. The van der Waals surface area contributed by atoms with Gasteiger partial charge in [0, 0.05) is 37.8 Å². The van der Waals surface area contributed by atoms with Crippen molar-refractivity contribution in [2.75, 3.05) is 39.5 Å². The predicted molar refractivity (Wildman–Crippen MR) is 200 cm³/mol. The van der Waals surface area contributed by atoms with Crippen LogP contribution in [-0.4, -0.2) is 98.8 Å². The lowest BCUT2D eigenvalue weighted by atomic mass is 9.88. The first-order valence-electron chi connectivity index (χ1n) is 18.3. The van der Waals surface area contributed by atoms with Crippen LogP contribution < -0.4 is 15.4 Å². The van der Waals surface area contributed by atoms with Crippen LogP contribution in [0.3, 0.4) is 0 Å². The van der Waals surface area contributed by atoms with Gasteiger partial charge in [0.05, 0.1) is 33.4 Å². The number of sulfone groups is 1. The number of aliphatic hydroxyl groups is 2. The monoisotopic (exact) mass is 755 g/mol. The molecular weight excluding hydrogens is 703 g/mol. The van der Waals surface area contributed by atoms with Crippen LogP contribution >= 0.6 is 0 Å². The van der Waals surface area contributed by atoms with Gasteiger partial charge in [0.15, 0.2) is 9.84 Å². The smallest absolute Gasteiger partial charge is 0.243 e. The summed E-state index contributed by atoms with van der Waals surface area (Å²) in [6.45, 7) is 8.29. The highest BCUT2D eigenvalue weighted by atomic mass is 32.2. The zero-order valence-corrected chi connectivity index (χ0v) is 32.0. The van der Waals surface area contributed by atoms with Crippen molar-refractivity contribution in [1.29, 1.82) is 0 Å². The number of benzene rings is 3. The molecule has 2 aliphatic heterocycles. The van der Waals surface area contributed by atoms with E-state index in [1.54, 1.807) is 34.6 Å². The molecule has 3 fully saturated rings. The number of nitrogens with zero attached hydrogens (tertiary/aromatic N) is 1. The van der Waals surface area contributed by atoms with E-state index in [2.05, 4.69) is 43.5 Å². The van der Waals surface area contributed by atoms with E-state index in [-0.39, 0.29) is 34.5 Å². The van der Waals surface area contributed by atoms with E-state index >= 15 is 0 Å². The number of rotatable bonds is 16. The lowest BCUT2D eigenvalue weighted by molar-refractivity contribution is -0.0312. The summed E-state index contributed by atoms with van der Waals surface area (Å²) in [6.07, 6.45) is 2.92. The topological polar surface area (TPSA) is 154 Å². The van der Waals surface area contributed by atoms with E-state index in [1.165, 1.54) is 17.7 Å². The van der Waals surface area contributed by atoms with E-state index in [1.807, 2.05) is 18.2 Å². The van der Waals surface area contributed by atoms with Gasteiger partial charge in [-0.15, -0.1) is 0 Å². The highest BCUT2D eigenvalue weighted by molar-refractivity contribution is 7.93. The van der Waals surface area contributed by atoms with Gasteiger partial charge in [0.1, 0.15) is 18.5 Å². The van der Waals surface area contributed by atoms with Gasteiger partial charge >= 0.3 is 0 Å².